The highest BCUT2D eigenvalue weighted by Crippen LogP contribution is 2.49. The Bertz CT molecular complexity index is 2860. The molecule has 0 aromatic carbocycles. The van der Waals surface area contributed by atoms with Crippen LogP contribution < -0.4 is 10.6 Å². The normalized spacial score (nSPS) is 19.4. The zero-order valence-electron chi connectivity index (χ0n) is 74.2. The second-order valence-corrected chi connectivity index (χ2v) is 43.6. The van der Waals surface area contributed by atoms with Crippen molar-refractivity contribution in [3.8, 4) is 0 Å². The first kappa shape index (κ1) is 94.2. The van der Waals surface area contributed by atoms with Crippen LogP contribution in [0.5, 0.6) is 0 Å². The molecule has 3 N–H and O–H groups in total. The van der Waals surface area contributed by atoms with Crippen LogP contribution in [0.3, 0.4) is 0 Å². The highest BCUT2D eigenvalue weighted by Gasteiger charge is 2.43. The Hall–Kier alpha value is -4.81. The molecule has 0 aliphatic carbocycles. The van der Waals surface area contributed by atoms with E-state index in [1.165, 1.54) is 51.7 Å². The Morgan fingerprint density at radius 2 is 0.822 bits per heavy atom. The van der Waals surface area contributed by atoms with Gasteiger partial charge in [0, 0.05) is 112 Å². The summed E-state index contributed by atoms with van der Waals surface area (Å²) in [4.78, 5) is 38.5. The van der Waals surface area contributed by atoms with Crippen molar-refractivity contribution in [2.45, 2.75) is 323 Å². The number of nitrogens with one attached hydrogen (secondary N) is 2. The summed E-state index contributed by atoms with van der Waals surface area (Å²) in [5.41, 5.74) is 14.7. The van der Waals surface area contributed by atoms with Gasteiger partial charge < -0.3 is 49.2 Å². The van der Waals surface area contributed by atoms with E-state index in [1.807, 2.05) is 4.90 Å². The van der Waals surface area contributed by atoms with Gasteiger partial charge in [-0.05, 0) is 73.2 Å². The van der Waals surface area contributed by atoms with Crippen molar-refractivity contribution in [1.82, 2.24) is 20.4 Å². The minimum Gasteiger partial charge on any atom is -0.497 e. The number of carboxylic acids is 1. The number of carbonyl (C=O) groups excluding carboxylic acids is 2. The fourth-order valence-corrected chi connectivity index (χ4v) is 14.3. The first-order valence-electron chi connectivity index (χ1n) is 38.1. The van der Waals surface area contributed by atoms with E-state index in [4.69, 9.17) is 28.8 Å². The third-order valence-electron chi connectivity index (χ3n) is 18.6. The molecule has 7 rings (SSSR count). The van der Waals surface area contributed by atoms with E-state index in [-0.39, 0.29) is 94.6 Å². The molecule has 13 nitrogen and oxygen atoms in total. The van der Waals surface area contributed by atoms with E-state index in [9.17, 15) is 14.4 Å². The lowest BCUT2D eigenvalue weighted by Gasteiger charge is -2.41. The molecule has 7 aliphatic heterocycles. The van der Waals surface area contributed by atoms with Gasteiger partial charge in [0.25, 0.3) is 0 Å². The van der Waals surface area contributed by atoms with Gasteiger partial charge in [0.2, 0.25) is 12.7 Å². The molecule has 13 heteroatoms. The summed E-state index contributed by atoms with van der Waals surface area (Å²) >= 11 is 0. The van der Waals surface area contributed by atoms with Gasteiger partial charge in [-0.15, -0.1) is 0 Å². The van der Waals surface area contributed by atoms with E-state index in [2.05, 4.69) is 313 Å². The van der Waals surface area contributed by atoms with Crippen molar-refractivity contribution in [3.05, 3.63) is 79.3 Å². The zero-order chi connectivity index (χ0) is 80.0. The monoisotopic (exact) mass is 1420 g/mol. The highest BCUT2D eigenvalue weighted by molar-refractivity contribution is 5.93. The summed E-state index contributed by atoms with van der Waals surface area (Å²) in [7, 11) is 2.16. The van der Waals surface area contributed by atoms with Gasteiger partial charge in [-0.2, -0.15) is 0 Å². The van der Waals surface area contributed by atoms with Crippen LogP contribution in [-0.2, 0) is 38.1 Å². The number of esters is 1. The van der Waals surface area contributed by atoms with Crippen molar-refractivity contribution in [2.24, 2.45) is 81.7 Å². The molecule has 1 unspecified atom stereocenters. The standard InChI is InChI=1S/C14H25NO2.C14H25NO.C13H25NO.C12H23N.C12H20O2.C12H22O.C11H20O2/c1-13(2,3)11-9(7-10(16)17)8-15-12(11)14(4,5)6;1-10(16)15-9-8-11(13(2,3)4)12(15)14(5,6)7;1-12(2,3)10-11(13(4,5)6)15-9-8-14(10)7;1-11(2,3)9-7-8-13-10(9)12(4,5)6;1-11(2,3)8-7-14-10(13)9(8)12(4,5)6;1-11(2,3)9-7-8-13-10(9)12(4,5)6;1-10(2,3)8-9(11(4,5)6)13-7-12-8/h9,15H,7-8H2,1-6H3,(H,16,17);8-9H2,1-7H3;8-9H2,1-7H3;13H,7-8H2,1-6H3;7H2,1-6H3;7-8H2,1-6H3;7H2,1-6H3. The topological polar surface area (TPSA) is 148 Å². The molecule has 0 radical (unpaired) electrons. The molecule has 0 spiro atoms. The summed E-state index contributed by atoms with van der Waals surface area (Å²) in [5.74, 6) is 3.82. The number of nitrogens with zero attached hydrogens (tertiary/aromatic N) is 2. The molecule has 0 saturated carbocycles. The maximum atomic E-state index is 11.7. The molecule has 1 atom stereocenters. The fourth-order valence-electron chi connectivity index (χ4n) is 14.3. The van der Waals surface area contributed by atoms with Gasteiger partial charge in [0.15, 0.2) is 0 Å². The summed E-state index contributed by atoms with van der Waals surface area (Å²) < 4.78 is 27.8. The second kappa shape index (κ2) is 33.7. The van der Waals surface area contributed by atoms with Crippen molar-refractivity contribution < 1.29 is 43.2 Å². The summed E-state index contributed by atoms with van der Waals surface area (Å²) in [6, 6.07) is 0. The lowest BCUT2D eigenvalue weighted by molar-refractivity contribution is -0.138. The largest absolute Gasteiger partial charge is 0.497 e. The second-order valence-electron chi connectivity index (χ2n) is 43.6. The molecular weight excluding hydrogens is 1260 g/mol. The maximum Gasteiger partial charge on any atom is 0.334 e. The zero-order valence-corrected chi connectivity index (χ0v) is 74.2. The van der Waals surface area contributed by atoms with Crippen LogP contribution in [0.4, 0.5) is 0 Å². The summed E-state index contributed by atoms with van der Waals surface area (Å²) in [6.07, 6.45) is 3.57. The average Bonchev–Trinajstić information content (AvgIpc) is 1.79. The molecule has 0 fully saturated rings. The van der Waals surface area contributed by atoms with Crippen molar-refractivity contribution in [1.29, 1.82) is 0 Å². The number of cyclic esters (lactones) is 1. The summed E-state index contributed by atoms with van der Waals surface area (Å²) in [6.45, 7) is 100. The SMILES string of the molecule is CC(=O)N1CCC(C(C)(C)C)=C1C(C)(C)C.CC(C)(C)C1=C(C(C)(C)C)C(=O)OC1.CC(C)(C)C1=C(C(C)(C)C)C(CC(=O)O)CN1.CC(C)(C)C1=C(C(C)(C)C)NCC1.CC(C)(C)C1=C(C(C)(C)C)OCC1.CC(C)(C)C1=C(C(C)(C)C)OCO1.CN1CCOC(C(C)(C)C)=C1C(C)(C)C. The van der Waals surface area contributed by atoms with Gasteiger partial charge in [-0.3, -0.25) is 9.59 Å². The number of hydrogen-bond donors (Lipinski definition) is 3. The van der Waals surface area contributed by atoms with E-state index < -0.39 is 5.97 Å². The predicted octanol–water partition coefficient (Wildman–Crippen LogP) is 23.2. The summed E-state index contributed by atoms with van der Waals surface area (Å²) in [5, 5.41) is 16.0. The van der Waals surface area contributed by atoms with Crippen LogP contribution in [0.15, 0.2) is 79.3 Å². The van der Waals surface area contributed by atoms with Crippen LogP contribution in [0.1, 0.15) is 323 Å². The molecule has 101 heavy (non-hydrogen) atoms. The van der Waals surface area contributed by atoms with E-state index in [0.717, 1.165) is 80.7 Å². The van der Waals surface area contributed by atoms with Crippen LogP contribution in [0.2, 0.25) is 0 Å². The smallest absolute Gasteiger partial charge is 0.334 e. The van der Waals surface area contributed by atoms with E-state index in [0.29, 0.717) is 18.8 Å². The van der Waals surface area contributed by atoms with Crippen LogP contribution in [0, 0.1) is 81.7 Å². The van der Waals surface area contributed by atoms with Gasteiger partial charge in [0.05, 0.1) is 25.3 Å². The Morgan fingerprint density at radius 3 is 1.13 bits per heavy atom. The number of aliphatic carboxylic acids is 1. The maximum absolute atomic E-state index is 11.7. The van der Waals surface area contributed by atoms with E-state index in [1.54, 1.807) is 12.5 Å². The molecule has 0 bridgehead atoms. The number of rotatable bonds is 2. The number of amides is 1. The van der Waals surface area contributed by atoms with Gasteiger partial charge >= 0.3 is 11.9 Å². The van der Waals surface area contributed by atoms with Crippen LogP contribution in [0.25, 0.3) is 0 Å². The predicted molar refractivity (Wildman–Crippen MR) is 427 cm³/mol. The fraction of sp³-hybridized carbons (Fsp3) is 0.807. The number of carboxylic acid groups (broad SMARTS) is 1. The molecule has 0 saturated heterocycles. The van der Waals surface area contributed by atoms with E-state index >= 15 is 0 Å². The Balaban J connectivity index is 0.000000590. The molecular formula is C88H160N4O9. The van der Waals surface area contributed by atoms with Crippen molar-refractivity contribution in [3.63, 3.8) is 0 Å². The van der Waals surface area contributed by atoms with Crippen molar-refractivity contribution >= 4 is 17.8 Å². The lowest BCUT2D eigenvalue weighted by Crippen LogP contribution is -2.38. The lowest BCUT2D eigenvalue weighted by atomic mass is 9.74. The quantitative estimate of drug-likeness (QED) is 0.226. The third kappa shape index (κ3) is 28.5. The van der Waals surface area contributed by atoms with Gasteiger partial charge in [-0.25, -0.2) is 4.79 Å². The molecule has 0 aromatic rings. The number of ether oxygens (including phenoxy) is 5. The minimum absolute atomic E-state index is 0.0201. The highest BCUT2D eigenvalue weighted by atomic mass is 16.7. The average molecular weight is 1420 g/mol. The number of allylic oxidation sites excluding steroid dienone is 8. The number of hydrogen-bond acceptors (Lipinski definition) is 11. The molecule has 7 heterocycles. The number of carbonyl (C=O) groups is 3. The Labute approximate surface area is 622 Å². The van der Waals surface area contributed by atoms with Crippen LogP contribution >= 0.6 is 0 Å². The van der Waals surface area contributed by atoms with Gasteiger partial charge in [0.1, 0.15) is 36.3 Å². The molecule has 1 amide bonds. The molecule has 586 valence electrons. The van der Waals surface area contributed by atoms with Crippen LogP contribution in [-0.4, -0.2) is 92.6 Å². The third-order valence-corrected chi connectivity index (χ3v) is 18.6. The molecule has 0 aromatic heterocycles. The first-order valence-corrected chi connectivity index (χ1v) is 38.1. The Morgan fingerprint density at radius 1 is 0.406 bits per heavy atom. The van der Waals surface area contributed by atoms with Gasteiger partial charge in [-0.1, -0.05) is 291 Å². The number of likely N-dealkylation sites (N-methyl/N-ethyl adjacent to an activating group) is 1. The minimum atomic E-state index is -0.714. The Kier molecular flexibility index (Phi) is 31.5. The first-order chi connectivity index (χ1) is 44.5. The molecule has 7 aliphatic rings. The van der Waals surface area contributed by atoms with Crippen molar-refractivity contribution in [2.75, 3.05) is 59.8 Å².